The fourth-order valence-electron chi connectivity index (χ4n) is 3.06. The van der Waals surface area contributed by atoms with E-state index in [2.05, 4.69) is 0 Å². The second kappa shape index (κ2) is 6.71. The molecular weight excluding hydrogens is 312 g/mol. The number of carbonyl (C=O) groups excluding carboxylic acids is 1. The number of fused-ring (bicyclic) bond motifs is 1. The minimum atomic E-state index is -0.695. The molecule has 23 heavy (non-hydrogen) atoms. The van der Waals surface area contributed by atoms with E-state index in [9.17, 15) is 9.90 Å². The second-order valence-corrected chi connectivity index (χ2v) is 6.32. The summed E-state index contributed by atoms with van der Waals surface area (Å²) in [7, 11) is 0. The van der Waals surface area contributed by atoms with Gasteiger partial charge in [-0.25, -0.2) is 0 Å². The second-order valence-electron chi connectivity index (χ2n) is 5.89. The van der Waals surface area contributed by atoms with E-state index in [-0.39, 0.29) is 5.91 Å². The molecule has 1 aliphatic rings. The van der Waals surface area contributed by atoms with Gasteiger partial charge < -0.3 is 10.8 Å². The molecule has 0 aliphatic carbocycles. The molecule has 3 N–H and O–H groups in total. The van der Waals surface area contributed by atoms with Crippen LogP contribution in [0.2, 0.25) is 5.02 Å². The van der Waals surface area contributed by atoms with E-state index < -0.39 is 12.1 Å². The zero-order valence-electron chi connectivity index (χ0n) is 12.7. The van der Waals surface area contributed by atoms with E-state index in [1.807, 2.05) is 29.2 Å². The first-order valence-corrected chi connectivity index (χ1v) is 7.96. The number of halogens is 1. The molecule has 0 fully saturated rings. The number of hydrogen-bond acceptors (Lipinski definition) is 3. The summed E-state index contributed by atoms with van der Waals surface area (Å²) < 4.78 is 0. The zero-order chi connectivity index (χ0) is 16.4. The Morgan fingerprint density at radius 1 is 1.22 bits per heavy atom. The SMILES string of the molecule is NC(=O)[C@@H]1Cc2ccccc2CN1CC(O)c1ccc(Cl)cc1. The fraction of sp³-hybridized carbons (Fsp3) is 0.278. The molecule has 0 aromatic heterocycles. The van der Waals surface area contributed by atoms with Crippen LogP contribution in [-0.4, -0.2) is 28.5 Å². The lowest BCUT2D eigenvalue weighted by Gasteiger charge is -2.36. The first-order valence-electron chi connectivity index (χ1n) is 7.58. The van der Waals surface area contributed by atoms with Crippen molar-refractivity contribution in [2.24, 2.45) is 5.73 Å². The van der Waals surface area contributed by atoms with Crippen molar-refractivity contribution in [3.05, 3.63) is 70.2 Å². The highest BCUT2D eigenvalue weighted by molar-refractivity contribution is 6.30. The summed E-state index contributed by atoms with van der Waals surface area (Å²) in [5.41, 5.74) is 8.66. The van der Waals surface area contributed by atoms with E-state index in [0.717, 1.165) is 11.1 Å². The molecular formula is C18H19ClN2O2. The van der Waals surface area contributed by atoms with Crippen molar-refractivity contribution in [2.75, 3.05) is 6.54 Å². The van der Waals surface area contributed by atoms with E-state index in [4.69, 9.17) is 17.3 Å². The van der Waals surface area contributed by atoms with Gasteiger partial charge in [0, 0.05) is 18.1 Å². The van der Waals surface area contributed by atoms with Crippen LogP contribution >= 0.6 is 11.6 Å². The number of rotatable bonds is 4. The van der Waals surface area contributed by atoms with E-state index >= 15 is 0 Å². The molecule has 1 aliphatic heterocycles. The molecule has 4 nitrogen and oxygen atoms in total. The van der Waals surface area contributed by atoms with Crippen LogP contribution in [0.5, 0.6) is 0 Å². The Morgan fingerprint density at radius 3 is 2.52 bits per heavy atom. The molecule has 2 aromatic carbocycles. The van der Waals surface area contributed by atoms with E-state index in [1.54, 1.807) is 24.3 Å². The summed E-state index contributed by atoms with van der Waals surface area (Å²) >= 11 is 5.88. The van der Waals surface area contributed by atoms with Crippen LogP contribution in [0, 0.1) is 0 Å². The standard InChI is InChI=1S/C18H19ClN2O2/c19-15-7-5-12(6-8-15)17(22)11-21-10-14-4-2-1-3-13(14)9-16(21)18(20)23/h1-8,16-17,22H,9-11H2,(H2,20,23)/t16-,17?/m0/s1. The number of β-amino-alcohol motifs (C(OH)–C–C–N with tert-alkyl or cyclic N) is 1. The Kier molecular flexibility index (Phi) is 4.66. The molecule has 0 radical (unpaired) electrons. The molecule has 120 valence electrons. The van der Waals surface area contributed by atoms with Crippen LogP contribution in [0.25, 0.3) is 0 Å². The van der Waals surface area contributed by atoms with Crippen LogP contribution < -0.4 is 5.73 Å². The predicted octanol–water partition coefficient (Wildman–Crippen LogP) is 2.29. The third-order valence-corrected chi connectivity index (χ3v) is 4.59. The Hall–Kier alpha value is -1.88. The van der Waals surface area contributed by atoms with Crippen LogP contribution in [0.3, 0.4) is 0 Å². The maximum absolute atomic E-state index is 11.8. The van der Waals surface area contributed by atoms with Gasteiger partial charge in [0.05, 0.1) is 12.1 Å². The molecule has 0 bridgehead atoms. The lowest BCUT2D eigenvalue weighted by atomic mass is 9.93. The van der Waals surface area contributed by atoms with E-state index in [0.29, 0.717) is 24.5 Å². The number of hydrogen-bond donors (Lipinski definition) is 2. The van der Waals surface area contributed by atoms with Gasteiger partial charge in [0.2, 0.25) is 5.91 Å². The van der Waals surface area contributed by atoms with Crippen molar-refractivity contribution in [1.29, 1.82) is 0 Å². The van der Waals surface area contributed by atoms with Gasteiger partial charge in [0.25, 0.3) is 0 Å². The largest absolute Gasteiger partial charge is 0.387 e. The molecule has 5 heteroatoms. The summed E-state index contributed by atoms with van der Waals surface area (Å²) in [4.78, 5) is 13.8. The van der Waals surface area contributed by atoms with Gasteiger partial charge >= 0.3 is 0 Å². The van der Waals surface area contributed by atoms with Crippen LogP contribution in [-0.2, 0) is 17.8 Å². The number of primary amides is 1. The third kappa shape index (κ3) is 3.55. The van der Waals surface area contributed by atoms with Crippen LogP contribution in [0.15, 0.2) is 48.5 Å². The highest BCUT2D eigenvalue weighted by atomic mass is 35.5. The third-order valence-electron chi connectivity index (χ3n) is 4.34. The number of nitrogens with zero attached hydrogens (tertiary/aromatic N) is 1. The fourth-order valence-corrected chi connectivity index (χ4v) is 3.19. The summed E-state index contributed by atoms with van der Waals surface area (Å²) in [6, 6.07) is 14.7. The summed E-state index contributed by atoms with van der Waals surface area (Å²) in [6.07, 6.45) is -0.113. The van der Waals surface area contributed by atoms with Crippen molar-refractivity contribution < 1.29 is 9.90 Å². The highest BCUT2D eigenvalue weighted by Crippen LogP contribution is 2.26. The minimum absolute atomic E-state index is 0.351. The van der Waals surface area contributed by atoms with Gasteiger partial charge in [-0.1, -0.05) is 48.0 Å². The first kappa shape index (κ1) is 16.0. The molecule has 1 heterocycles. The molecule has 0 saturated heterocycles. The zero-order valence-corrected chi connectivity index (χ0v) is 13.4. The van der Waals surface area contributed by atoms with Crippen molar-refractivity contribution in [2.45, 2.75) is 25.1 Å². The Bertz CT molecular complexity index is 702. The maximum atomic E-state index is 11.8. The van der Waals surface area contributed by atoms with Gasteiger partial charge in [-0.15, -0.1) is 0 Å². The monoisotopic (exact) mass is 330 g/mol. The summed E-state index contributed by atoms with van der Waals surface area (Å²) in [5, 5.41) is 11.1. The van der Waals surface area contributed by atoms with Crippen molar-refractivity contribution in [3.8, 4) is 0 Å². The van der Waals surface area contributed by atoms with Crippen molar-refractivity contribution in [3.63, 3.8) is 0 Å². The molecule has 2 aromatic rings. The highest BCUT2D eigenvalue weighted by Gasteiger charge is 2.31. The number of nitrogens with two attached hydrogens (primary N) is 1. The van der Waals surface area contributed by atoms with Crippen molar-refractivity contribution >= 4 is 17.5 Å². The van der Waals surface area contributed by atoms with Gasteiger partial charge in [-0.2, -0.15) is 0 Å². The normalized spacial score (nSPS) is 19.1. The topological polar surface area (TPSA) is 66.6 Å². The average Bonchev–Trinajstić information content (AvgIpc) is 2.54. The number of amides is 1. The van der Waals surface area contributed by atoms with Crippen molar-refractivity contribution in [1.82, 2.24) is 4.90 Å². The molecule has 2 atom stereocenters. The summed E-state index contributed by atoms with van der Waals surface area (Å²) in [5.74, 6) is -0.359. The summed E-state index contributed by atoms with van der Waals surface area (Å²) in [6.45, 7) is 0.956. The predicted molar refractivity (Wildman–Crippen MR) is 90.0 cm³/mol. The molecule has 3 rings (SSSR count). The minimum Gasteiger partial charge on any atom is -0.387 e. The van der Waals surface area contributed by atoms with Gasteiger partial charge in [0.1, 0.15) is 0 Å². The lowest BCUT2D eigenvalue weighted by Crippen LogP contribution is -2.49. The number of aliphatic hydroxyl groups is 1. The number of carbonyl (C=O) groups is 1. The van der Waals surface area contributed by atoms with Gasteiger partial charge in [-0.05, 0) is 35.2 Å². The number of benzene rings is 2. The smallest absolute Gasteiger partial charge is 0.235 e. The molecule has 0 saturated carbocycles. The van der Waals surface area contributed by atoms with Crippen LogP contribution in [0.1, 0.15) is 22.8 Å². The van der Waals surface area contributed by atoms with E-state index in [1.165, 1.54) is 5.56 Å². The average molecular weight is 331 g/mol. The lowest BCUT2D eigenvalue weighted by molar-refractivity contribution is -0.124. The molecule has 0 spiro atoms. The van der Waals surface area contributed by atoms with Gasteiger partial charge in [0.15, 0.2) is 0 Å². The van der Waals surface area contributed by atoms with Crippen LogP contribution in [0.4, 0.5) is 0 Å². The molecule has 1 amide bonds. The maximum Gasteiger partial charge on any atom is 0.235 e. The first-order chi connectivity index (χ1) is 11.0. The quantitative estimate of drug-likeness (QED) is 0.904. The Labute approximate surface area is 140 Å². The molecule has 1 unspecified atom stereocenters. The van der Waals surface area contributed by atoms with Gasteiger partial charge in [-0.3, -0.25) is 9.69 Å². The Balaban J connectivity index is 1.79. The Morgan fingerprint density at radius 2 is 1.87 bits per heavy atom. The number of aliphatic hydroxyl groups excluding tert-OH is 1.